The lowest BCUT2D eigenvalue weighted by Crippen LogP contribution is -2.53. The number of piperazine rings is 1. The molecule has 0 aliphatic carbocycles. The van der Waals surface area contributed by atoms with Gasteiger partial charge >= 0.3 is 0 Å². The number of carbonyl (C=O) groups excluding carboxylic acids is 1. The maximum Gasteiger partial charge on any atom is 0.240 e. The van der Waals surface area contributed by atoms with E-state index in [0.29, 0.717) is 5.91 Å². The smallest absolute Gasteiger partial charge is 0.240 e. The summed E-state index contributed by atoms with van der Waals surface area (Å²) in [5, 5.41) is 3.32. The van der Waals surface area contributed by atoms with E-state index < -0.39 is 0 Å². The molecule has 4 nitrogen and oxygen atoms in total. The van der Waals surface area contributed by atoms with E-state index in [1.807, 2.05) is 23.1 Å². The number of hydrogen-bond donors (Lipinski definition) is 1. The van der Waals surface area contributed by atoms with Gasteiger partial charge in [0.1, 0.15) is 0 Å². The van der Waals surface area contributed by atoms with Gasteiger partial charge in [-0.2, -0.15) is 0 Å². The molecule has 1 aromatic rings. The highest BCUT2D eigenvalue weighted by molar-refractivity contribution is 5.82. The zero-order valence-corrected chi connectivity index (χ0v) is 13.8. The predicted molar refractivity (Wildman–Crippen MR) is 94.1 cm³/mol. The molecule has 1 amide bonds. The SMILES string of the molecule is O=C(C(C/C=C\c1ccccc1)N1CCCC1)N1CCNCC1. The van der Waals surface area contributed by atoms with Crippen LogP contribution in [-0.4, -0.2) is 61.0 Å². The topological polar surface area (TPSA) is 35.6 Å². The normalized spacial score (nSPS) is 21.0. The molecule has 0 aromatic heterocycles. The van der Waals surface area contributed by atoms with Crippen molar-refractivity contribution in [3.05, 3.63) is 42.0 Å². The minimum Gasteiger partial charge on any atom is -0.339 e. The fourth-order valence-corrected chi connectivity index (χ4v) is 3.45. The van der Waals surface area contributed by atoms with Gasteiger partial charge in [0.25, 0.3) is 0 Å². The van der Waals surface area contributed by atoms with Crippen molar-refractivity contribution < 1.29 is 4.79 Å². The summed E-state index contributed by atoms with van der Waals surface area (Å²) >= 11 is 0. The fourth-order valence-electron chi connectivity index (χ4n) is 3.45. The highest BCUT2D eigenvalue weighted by Gasteiger charge is 2.30. The van der Waals surface area contributed by atoms with E-state index in [1.54, 1.807) is 0 Å². The lowest BCUT2D eigenvalue weighted by Gasteiger charge is -2.34. The number of benzene rings is 1. The van der Waals surface area contributed by atoms with Crippen molar-refractivity contribution in [1.29, 1.82) is 0 Å². The van der Waals surface area contributed by atoms with E-state index in [2.05, 4.69) is 34.5 Å². The Bertz CT molecular complexity index is 517. The molecule has 1 atom stereocenters. The van der Waals surface area contributed by atoms with Gasteiger partial charge in [0.2, 0.25) is 5.91 Å². The van der Waals surface area contributed by atoms with Crippen LogP contribution >= 0.6 is 0 Å². The summed E-state index contributed by atoms with van der Waals surface area (Å²) in [5.74, 6) is 0.311. The highest BCUT2D eigenvalue weighted by Crippen LogP contribution is 2.18. The summed E-state index contributed by atoms with van der Waals surface area (Å²) in [6.07, 6.45) is 7.53. The van der Waals surface area contributed by atoms with Gasteiger partial charge in [-0.15, -0.1) is 0 Å². The third kappa shape index (κ3) is 4.43. The van der Waals surface area contributed by atoms with Crippen LogP contribution in [0, 0.1) is 0 Å². The van der Waals surface area contributed by atoms with Crippen LogP contribution < -0.4 is 5.32 Å². The molecule has 0 radical (unpaired) electrons. The minimum absolute atomic E-state index is 0.00978. The maximum absolute atomic E-state index is 13.0. The molecule has 2 saturated heterocycles. The Labute approximate surface area is 139 Å². The van der Waals surface area contributed by atoms with Gasteiger partial charge in [0.15, 0.2) is 0 Å². The van der Waals surface area contributed by atoms with Gasteiger partial charge in [-0.3, -0.25) is 9.69 Å². The predicted octanol–water partition coefficient (Wildman–Crippen LogP) is 1.99. The molecule has 1 aromatic carbocycles. The van der Waals surface area contributed by atoms with Crippen molar-refractivity contribution in [3.8, 4) is 0 Å². The van der Waals surface area contributed by atoms with E-state index in [0.717, 1.165) is 45.7 Å². The molecule has 1 N–H and O–H groups in total. The average molecular weight is 313 g/mol. The molecule has 0 spiro atoms. The molecule has 124 valence electrons. The van der Waals surface area contributed by atoms with E-state index in [9.17, 15) is 4.79 Å². The van der Waals surface area contributed by atoms with Crippen molar-refractivity contribution >= 4 is 12.0 Å². The number of carbonyl (C=O) groups is 1. The second-order valence-electron chi connectivity index (χ2n) is 6.38. The van der Waals surface area contributed by atoms with Gasteiger partial charge < -0.3 is 10.2 Å². The Morgan fingerprint density at radius 2 is 1.78 bits per heavy atom. The van der Waals surface area contributed by atoms with Gasteiger partial charge in [0, 0.05) is 26.2 Å². The van der Waals surface area contributed by atoms with Gasteiger partial charge in [-0.25, -0.2) is 0 Å². The van der Waals surface area contributed by atoms with E-state index in [-0.39, 0.29) is 6.04 Å². The molecule has 2 fully saturated rings. The number of rotatable bonds is 5. The third-order valence-corrected chi connectivity index (χ3v) is 4.76. The lowest BCUT2D eigenvalue weighted by atomic mass is 10.1. The average Bonchev–Trinajstić information content (AvgIpc) is 3.14. The Balaban J connectivity index is 1.65. The standard InChI is InChI=1S/C19H27N3O/c23-19(22-15-11-20-12-16-22)18(21-13-4-5-14-21)10-6-9-17-7-2-1-3-8-17/h1-3,6-9,18,20H,4-5,10-16H2/b9-6-. The molecule has 2 heterocycles. The van der Waals surface area contributed by atoms with Crippen molar-refractivity contribution in [2.75, 3.05) is 39.3 Å². The molecule has 4 heteroatoms. The number of amides is 1. The summed E-state index contributed by atoms with van der Waals surface area (Å²) in [6, 6.07) is 10.3. The second kappa shape index (κ2) is 8.27. The van der Waals surface area contributed by atoms with E-state index in [1.165, 1.54) is 18.4 Å². The summed E-state index contributed by atoms with van der Waals surface area (Å²) in [4.78, 5) is 17.4. The summed E-state index contributed by atoms with van der Waals surface area (Å²) in [7, 11) is 0. The number of hydrogen-bond acceptors (Lipinski definition) is 3. The molecule has 3 rings (SSSR count). The first-order valence-corrected chi connectivity index (χ1v) is 8.80. The Hall–Kier alpha value is -1.65. The van der Waals surface area contributed by atoms with Crippen LogP contribution in [0.5, 0.6) is 0 Å². The van der Waals surface area contributed by atoms with Crippen LogP contribution in [0.25, 0.3) is 6.08 Å². The van der Waals surface area contributed by atoms with Gasteiger partial charge in [0.05, 0.1) is 6.04 Å². The van der Waals surface area contributed by atoms with Crippen LogP contribution in [0.15, 0.2) is 36.4 Å². The molecule has 2 aliphatic heterocycles. The Kier molecular flexibility index (Phi) is 5.83. The summed E-state index contributed by atoms with van der Waals surface area (Å²) in [5.41, 5.74) is 1.20. The van der Waals surface area contributed by atoms with Crippen LogP contribution in [0.4, 0.5) is 0 Å². The van der Waals surface area contributed by atoms with Crippen molar-refractivity contribution in [2.24, 2.45) is 0 Å². The van der Waals surface area contributed by atoms with Crippen molar-refractivity contribution in [1.82, 2.24) is 15.1 Å². The molecular formula is C19H27N3O. The van der Waals surface area contributed by atoms with E-state index in [4.69, 9.17) is 0 Å². The lowest BCUT2D eigenvalue weighted by molar-refractivity contribution is -0.137. The zero-order valence-electron chi connectivity index (χ0n) is 13.8. The summed E-state index contributed by atoms with van der Waals surface area (Å²) in [6.45, 7) is 5.62. The first kappa shape index (κ1) is 16.2. The third-order valence-electron chi connectivity index (χ3n) is 4.76. The van der Waals surface area contributed by atoms with Crippen LogP contribution in [0.2, 0.25) is 0 Å². The van der Waals surface area contributed by atoms with Crippen LogP contribution in [0.1, 0.15) is 24.8 Å². The Morgan fingerprint density at radius 1 is 1.09 bits per heavy atom. The Morgan fingerprint density at radius 3 is 2.48 bits per heavy atom. The molecule has 2 aliphatic rings. The zero-order chi connectivity index (χ0) is 15.9. The quantitative estimate of drug-likeness (QED) is 0.903. The monoisotopic (exact) mass is 313 g/mol. The molecule has 0 bridgehead atoms. The largest absolute Gasteiger partial charge is 0.339 e. The first-order chi connectivity index (χ1) is 11.3. The summed E-state index contributed by atoms with van der Waals surface area (Å²) < 4.78 is 0. The second-order valence-corrected chi connectivity index (χ2v) is 6.38. The van der Waals surface area contributed by atoms with Crippen LogP contribution in [-0.2, 0) is 4.79 Å². The number of nitrogens with one attached hydrogen (secondary N) is 1. The van der Waals surface area contributed by atoms with E-state index >= 15 is 0 Å². The van der Waals surface area contributed by atoms with Gasteiger partial charge in [-0.05, 0) is 37.9 Å². The van der Waals surface area contributed by atoms with Gasteiger partial charge in [-0.1, -0.05) is 42.5 Å². The maximum atomic E-state index is 13.0. The van der Waals surface area contributed by atoms with Crippen molar-refractivity contribution in [3.63, 3.8) is 0 Å². The molecule has 0 saturated carbocycles. The van der Waals surface area contributed by atoms with Crippen molar-refractivity contribution in [2.45, 2.75) is 25.3 Å². The van der Waals surface area contributed by atoms with Crippen LogP contribution in [0.3, 0.4) is 0 Å². The number of likely N-dealkylation sites (tertiary alicyclic amines) is 1. The number of nitrogens with zero attached hydrogens (tertiary/aromatic N) is 2. The highest BCUT2D eigenvalue weighted by atomic mass is 16.2. The molecule has 1 unspecified atom stereocenters. The fraction of sp³-hybridized carbons (Fsp3) is 0.526. The minimum atomic E-state index is 0.00978. The molecule has 23 heavy (non-hydrogen) atoms. The first-order valence-electron chi connectivity index (χ1n) is 8.80. The molecular weight excluding hydrogens is 286 g/mol.